The summed E-state index contributed by atoms with van der Waals surface area (Å²) >= 11 is 1.52. The molecule has 1 aliphatic heterocycles. The van der Waals surface area contributed by atoms with E-state index in [9.17, 15) is 0 Å². The van der Waals surface area contributed by atoms with Crippen molar-refractivity contribution in [2.24, 2.45) is 4.40 Å². The molecule has 0 aliphatic carbocycles. The Kier molecular flexibility index (Phi) is 4.09. The Morgan fingerprint density at radius 1 is 1.17 bits per heavy atom. The zero-order valence-corrected chi connectivity index (χ0v) is 6.71. The molecule has 0 aromatic heterocycles. The summed E-state index contributed by atoms with van der Waals surface area (Å²) in [5.74, 6) is 0. The molecule has 12 heavy (non-hydrogen) atoms. The van der Waals surface area contributed by atoms with E-state index >= 15 is 0 Å². The number of rotatable bonds is 0. The molecule has 0 bridgehead atoms. The number of hydrogen-bond acceptors (Lipinski definition) is 2. The fraction of sp³-hybridized carbons (Fsp3) is 0. The zero-order chi connectivity index (χ0) is 7.52. The summed E-state index contributed by atoms with van der Waals surface area (Å²) < 4.78 is 4.12. The standard InChI is InChI=1S/C9H7NS.Na.H/c1-2-6-9-8(4-1)5-3-7-10-11-9;;/h1-7H;;. The van der Waals surface area contributed by atoms with Crippen molar-refractivity contribution in [3.05, 3.63) is 35.9 Å². The topological polar surface area (TPSA) is 12.4 Å². The van der Waals surface area contributed by atoms with Crippen LogP contribution in [-0.4, -0.2) is 35.8 Å². The molecule has 0 spiro atoms. The van der Waals surface area contributed by atoms with Crippen LogP contribution in [0.5, 0.6) is 0 Å². The fourth-order valence-electron chi connectivity index (χ4n) is 0.970. The molecule has 1 heterocycles. The van der Waals surface area contributed by atoms with E-state index in [1.165, 1.54) is 22.4 Å². The van der Waals surface area contributed by atoms with Gasteiger partial charge in [0.25, 0.3) is 0 Å². The Labute approximate surface area is 98.4 Å². The van der Waals surface area contributed by atoms with Crippen LogP contribution in [0.25, 0.3) is 6.08 Å². The van der Waals surface area contributed by atoms with Gasteiger partial charge in [-0.1, -0.05) is 24.3 Å². The second-order valence-electron chi connectivity index (χ2n) is 2.24. The molecule has 1 nitrogen and oxygen atoms in total. The molecule has 56 valence electrons. The van der Waals surface area contributed by atoms with Gasteiger partial charge in [-0.15, -0.1) is 0 Å². The predicted molar refractivity (Wildman–Crippen MR) is 57.0 cm³/mol. The van der Waals surface area contributed by atoms with Crippen LogP contribution in [0.2, 0.25) is 0 Å². The van der Waals surface area contributed by atoms with Crippen molar-refractivity contribution in [3.63, 3.8) is 0 Å². The van der Waals surface area contributed by atoms with Crippen molar-refractivity contribution >= 4 is 53.8 Å². The first kappa shape index (κ1) is 10.1. The second kappa shape index (κ2) is 4.87. The van der Waals surface area contributed by atoms with E-state index in [4.69, 9.17) is 0 Å². The van der Waals surface area contributed by atoms with Crippen LogP contribution >= 0.6 is 11.9 Å². The molecule has 2 rings (SSSR count). The summed E-state index contributed by atoms with van der Waals surface area (Å²) in [6.07, 6.45) is 5.84. The van der Waals surface area contributed by atoms with E-state index in [2.05, 4.69) is 22.6 Å². The van der Waals surface area contributed by atoms with E-state index in [1.807, 2.05) is 24.4 Å². The van der Waals surface area contributed by atoms with Gasteiger partial charge in [-0.3, -0.25) is 0 Å². The summed E-state index contributed by atoms with van der Waals surface area (Å²) in [6.45, 7) is 0. The van der Waals surface area contributed by atoms with Crippen molar-refractivity contribution in [1.29, 1.82) is 0 Å². The van der Waals surface area contributed by atoms with E-state index in [1.54, 1.807) is 0 Å². The first-order valence-corrected chi connectivity index (χ1v) is 4.20. The summed E-state index contributed by atoms with van der Waals surface area (Å²) in [7, 11) is 0. The number of hydrogen-bond donors (Lipinski definition) is 0. The zero-order valence-electron chi connectivity index (χ0n) is 5.90. The molecule has 0 unspecified atom stereocenters. The number of allylic oxidation sites excluding steroid dienone is 1. The second-order valence-corrected chi connectivity index (χ2v) is 3.08. The Hall–Kier alpha value is -0.0200. The number of benzene rings is 1. The summed E-state index contributed by atoms with van der Waals surface area (Å²) in [5.41, 5.74) is 1.25. The van der Waals surface area contributed by atoms with Crippen LogP contribution in [-0.2, 0) is 0 Å². The molecule has 0 amide bonds. The third-order valence-corrected chi connectivity index (χ3v) is 2.29. The van der Waals surface area contributed by atoms with E-state index in [0.29, 0.717) is 0 Å². The van der Waals surface area contributed by atoms with Gasteiger partial charge >= 0.3 is 29.6 Å². The van der Waals surface area contributed by atoms with Gasteiger partial charge in [0.15, 0.2) is 0 Å². The van der Waals surface area contributed by atoms with Crippen molar-refractivity contribution in [3.8, 4) is 0 Å². The van der Waals surface area contributed by atoms with Gasteiger partial charge in [-0.05, 0) is 17.7 Å². The third kappa shape index (κ3) is 2.23. The van der Waals surface area contributed by atoms with Crippen molar-refractivity contribution in [2.45, 2.75) is 4.90 Å². The first-order valence-electron chi connectivity index (χ1n) is 3.43. The Bertz CT molecular complexity index is 320. The van der Waals surface area contributed by atoms with Gasteiger partial charge in [0, 0.05) is 23.1 Å². The molecule has 0 N–H and O–H groups in total. The fourth-order valence-corrected chi connectivity index (χ4v) is 1.60. The molecule has 0 fully saturated rings. The molecular weight excluding hydrogens is 177 g/mol. The SMILES string of the molecule is C1=Cc2ccccc2SN=C1.[NaH]. The van der Waals surface area contributed by atoms with Crippen LogP contribution in [0.4, 0.5) is 0 Å². The summed E-state index contributed by atoms with van der Waals surface area (Å²) in [6, 6.07) is 8.23. The number of fused-ring (bicyclic) bond motifs is 1. The Morgan fingerprint density at radius 2 is 2.00 bits per heavy atom. The average Bonchev–Trinajstić information content (AvgIpc) is 2.28. The van der Waals surface area contributed by atoms with Crippen LogP contribution < -0.4 is 0 Å². The maximum absolute atomic E-state index is 4.12. The molecule has 1 aromatic rings. The van der Waals surface area contributed by atoms with Gasteiger partial charge in [0.05, 0.1) is 0 Å². The van der Waals surface area contributed by atoms with Gasteiger partial charge in [0.2, 0.25) is 0 Å². The molecule has 1 aromatic carbocycles. The summed E-state index contributed by atoms with van der Waals surface area (Å²) in [4.78, 5) is 1.22. The third-order valence-electron chi connectivity index (χ3n) is 1.49. The van der Waals surface area contributed by atoms with Crippen LogP contribution in [0, 0.1) is 0 Å². The van der Waals surface area contributed by atoms with Gasteiger partial charge in [0.1, 0.15) is 0 Å². The summed E-state index contributed by atoms with van der Waals surface area (Å²) in [5, 5.41) is 0. The monoisotopic (exact) mass is 185 g/mol. The minimum absolute atomic E-state index is 0. The molecule has 3 heteroatoms. The van der Waals surface area contributed by atoms with Crippen molar-refractivity contribution < 1.29 is 0 Å². The molecule has 0 atom stereocenters. The van der Waals surface area contributed by atoms with E-state index < -0.39 is 0 Å². The van der Waals surface area contributed by atoms with Crippen molar-refractivity contribution in [1.82, 2.24) is 0 Å². The van der Waals surface area contributed by atoms with Crippen LogP contribution in [0.15, 0.2) is 39.6 Å². The maximum atomic E-state index is 4.12. The van der Waals surface area contributed by atoms with Crippen LogP contribution in [0.1, 0.15) is 5.56 Å². The Balaban J connectivity index is 0.000000720. The van der Waals surface area contributed by atoms with Gasteiger partial charge < -0.3 is 0 Å². The first-order chi connectivity index (χ1) is 5.47. The Morgan fingerprint density at radius 3 is 2.92 bits per heavy atom. The molecule has 0 saturated carbocycles. The molecule has 0 radical (unpaired) electrons. The normalized spacial score (nSPS) is 13.0. The molecule has 0 saturated heterocycles. The van der Waals surface area contributed by atoms with E-state index in [0.717, 1.165) is 0 Å². The average molecular weight is 185 g/mol. The predicted octanol–water partition coefficient (Wildman–Crippen LogP) is 2.14. The van der Waals surface area contributed by atoms with Crippen LogP contribution in [0.3, 0.4) is 0 Å². The quantitative estimate of drug-likeness (QED) is 0.445. The minimum atomic E-state index is 0. The van der Waals surface area contributed by atoms with Gasteiger partial charge in [-0.25, -0.2) is 4.40 Å². The molecule has 1 aliphatic rings. The molecular formula is C9H8NNaS. The van der Waals surface area contributed by atoms with Crippen molar-refractivity contribution in [2.75, 3.05) is 0 Å². The van der Waals surface area contributed by atoms with Gasteiger partial charge in [-0.2, -0.15) is 0 Å². The number of nitrogens with zero attached hydrogens (tertiary/aromatic N) is 1. The van der Waals surface area contributed by atoms with E-state index in [-0.39, 0.29) is 29.6 Å².